The maximum Gasteiger partial charge on any atom is 0.305 e. The highest BCUT2D eigenvalue weighted by Gasteiger charge is 2.34. The lowest BCUT2D eigenvalue weighted by Gasteiger charge is -2.23. The Morgan fingerprint density at radius 3 is 2.58 bits per heavy atom. The van der Waals surface area contributed by atoms with Gasteiger partial charge in [-0.2, -0.15) is 0 Å². The molecule has 1 aliphatic rings. The van der Waals surface area contributed by atoms with Gasteiger partial charge in [-0.05, 0) is 25.0 Å². The van der Waals surface area contributed by atoms with Crippen molar-refractivity contribution in [2.75, 3.05) is 11.4 Å². The third kappa shape index (κ3) is 3.39. The molecular weight excluding hydrogens is 289 g/mol. The third-order valence-electron chi connectivity index (χ3n) is 2.96. The predicted octanol–water partition coefficient (Wildman–Crippen LogP) is 3.21. The van der Waals surface area contributed by atoms with E-state index >= 15 is 0 Å². The fraction of sp³-hybridized carbons (Fsp3) is 0.385. The normalized spacial score (nSPS) is 14.2. The molecule has 0 aromatic heterocycles. The van der Waals surface area contributed by atoms with Crippen LogP contribution >= 0.6 is 23.2 Å². The summed E-state index contributed by atoms with van der Waals surface area (Å²) >= 11 is 12.0. The fourth-order valence-corrected chi connectivity index (χ4v) is 2.21. The molecule has 1 aromatic rings. The Kier molecular flexibility index (Phi) is 4.32. The van der Waals surface area contributed by atoms with Crippen molar-refractivity contribution in [3.8, 4) is 0 Å². The van der Waals surface area contributed by atoms with E-state index in [0.717, 1.165) is 12.8 Å². The van der Waals surface area contributed by atoms with Gasteiger partial charge in [-0.15, -0.1) is 0 Å². The lowest BCUT2D eigenvalue weighted by atomic mass is 10.2. The van der Waals surface area contributed by atoms with Crippen LogP contribution in [-0.2, 0) is 9.59 Å². The minimum absolute atomic E-state index is 0.0103. The van der Waals surface area contributed by atoms with Gasteiger partial charge < -0.3 is 10.0 Å². The smallest absolute Gasteiger partial charge is 0.305 e. The van der Waals surface area contributed by atoms with Gasteiger partial charge in [0.05, 0.1) is 22.2 Å². The molecule has 0 aliphatic heterocycles. The number of halogens is 2. The molecule has 1 aliphatic carbocycles. The molecule has 1 fully saturated rings. The van der Waals surface area contributed by atoms with E-state index in [1.807, 2.05) is 0 Å². The van der Waals surface area contributed by atoms with Crippen LogP contribution in [0.4, 0.5) is 5.69 Å². The van der Waals surface area contributed by atoms with Gasteiger partial charge in [0, 0.05) is 12.5 Å². The molecule has 6 heteroatoms. The molecule has 102 valence electrons. The summed E-state index contributed by atoms with van der Waals surface area (Å²) in [6, 6.07) is 5.00. The zero-order chi connectivity index (χ0) is 14.0. The van der Waals surface area contributed by atoms with Crippen molar-refractivity contribution in [2.24, 2.45) is 5.92 Å². The van der Waals surface area contributed by atoms with Gasteiger partial charge in [0.1, 0.15) is 0 Å². The summed E-state index contributed by atoms with van der Waals surface area (Å²) in [5, 5.41) is 9.40. The Morgan fingerprint density at radius 1 is 1.32 bits per heavy atom. The van der Waals surface area contributed by atoms with Gasteiger partial charge in [0.2, 0.25) is 5.91 Å². The highest BCUT2D eigenvalue weighted by atomic mass is 35.5. The van der Waals surface area contributed by atoms with Gasteiger partial charge in [-0.1, -0.05) is 29.3 Å². The summed E-state index contributed by atoms with van der Waals surface area (Å²) in [7, 11) is 0. The number of hydrogen-bond donors (Lipinski definition) is 1. The molecule has 0 bridgehead atoms. The first-order valence-corrected chi connectivity index (χ1v) is 6.73. The molecule has 0 atom stereocenters. The fourth-order valence-electron chi connectivity index (χ4n) is 1.81. The van der Waals surface area contributed by atoms with Crippen molar-refractivity contribution in [3.05, 3.63) is 28.2 Å². The Hall–Kier alpha value is -1.26. The van der Waals surface area contributed by atoms with Gasteiger partial charge in [-0.3, -0.25) is 9.59 Å². The number of nitrogens with zero attached hydrogens (tertiary/aromatic N) is 1. The number of aliphatic carboxylic acids is 1. The lowest BCUT2D eigenvalue weighted by Crippen LogP contribution is -2.34. The molecule has 19 heavy (non-hydrogen) atoms. The number of carbonyl (C=O) groups excluding carboxylic acids is 1. The Balaban J connectivity index is 2.27. The molecule has 1 N–H and O–H groups in total. The third-order valence-corrected chi connectivity index (χ3v) is 3.77. The molecule has 1 amide bonds. The van der Waals surface area contributed by atoms with Gasteiger partial charge in [0.25, 0.3) is 0 Å². The number of hydrogen-bond acceptors (Lipinski definition) is 2. The van der Waals surface area contributed by atoms with Crippen molar-refractivity contribution in [2.45, 2.75) is 19.3 Å². The second-order valence-electron chi connectivity index (χ2n) is 4.48. The van der Waals surface area contributed by atoms with E-state index in [0.29, 0.717) is 10.7 Å². The molecule has 1 aromatic carbocycles. The minimum atomic E-state index is -0.952. The van der Waals surface area contributed by atoms with Crippen LogP contribution in [0.3, 0.4) is 0 Å². The summed E-state index contributed by atoms with van der Waals surface area (Å²) in [5.74, 6) is -1.04. The number of rotatable bonds is 5. The standard InChI is InChI=1S/C13H13Cl2NO3/c14-9-2-1-3-10(12(9)15)16(7-6-11(17)18)13(19)8-4-5-8/h1-3,8H,4-7H2,(H,17,18). The Morgan fingerprint density at radius 2 is 2.00 bits per heavy atom. The molecule has 2 rings (SSSR count). The van der Waals surface area contributed by atoms with E-state index in [-0.39, 0.29) is 29.8 Å². The molecule has 0 saturated heterocycles. The van der Waals surface area contributed by atoms with Crippen LogP contribution in [0.5, 0.6) is 0 Å². The van der Waals surface area contributed by atoms with E-state index in [9.17, 15) is 9.59 Å². The zero-order valence-corrected chi connectivity index (χ0v) is 11.6. The Labute approximate surface area is 120 Å². The average molecular weight is 302 g/mol. The molecule has 0 heterocycles. The molecule has 4 nitrogen and oxygen atoms in total. The maximum atomic E-state index is 12.2. The van der Waals surface area contributed by atoms with E-state index in [2.05, 4.69) is 0 Å². The number of amides is 1. The number of carbonyl (C=O) groups is 2. The number of carboxylic acid groups (broad SMARTS) is 1. The predicted molar refractivity (Wildman–Crippen MR) is 73.8 cm³/mol. The second-order valence-corrected chi connectivity index (χ2v) is 5.27. The van der Waals surface area contributed by atoms with Crippen LogP contribution in [0, 0.1) is 5.92 Å². The van der Waals surface area contributed by atoms with Crippen molar-refractivity contribution < 1.29 is 14.7 Å². The zero-order valence-electron chi connectivity index (χ0n) is 10.1. The summed E-state index contributed by atoms with van der Waals surface area (Å²) in [6.45, 7) is 0.102. The molecule has 0 unspecified atom stereocenters. The second kappa shape index (κ2) is 5.80. The number of anilines is 1. The van der Waals surface area contributed by atoms with Crippen LogP contribution < -0.4 is 4.90 Å². The van der Waals surface area contributed by atoms with Crippen LogP contribution in [-0.4, -0.2) is 23.5 Å². The van der Waals surface area contributed by atoms with Gasteiger partial charge in [-0.25, -0.2) is 0 Å². The monoisotopic (exact) mass is 301 g/mol. The number of carboxylic acids is 1. The first-order valence-electron chi connectivity index (χ1n) is 5.98. The van der Waals surface area contributed by atoms with Crippen LogP contribution in [0.1, 0.15) is 19.3 Å². The summed E-state index contributed by atoms with van der Waals surface area (Å²) in [4.78, 5) is 24.3. The quantitative estimate of drug-likeness (QED) is 0.908. The summed E-state index contributed by atoms with van der Waals surface area (Å²) in [6.07, 6.45) is 1.57. The van der Waals surface area contributed by atoms with E-state index < -0.39 is 5.97 Å². The van der Waals surface area contributed by atoms with E-state index in [1.54, 1.807) is 18.2 Å². The van der Waals surface area contributed by atoms with Gasteiger partial charge in [0.15, 0.2) is 0 Å². The number of benzene rings is 1. The summed E-state index contributed by atoms with van der Waals surface area (Å²) < 4.78 is 0. The topological polar surface area (TPSA) is 57.6 Å². The van der Waals surface area contributed by atoms with Crippen molar-refractivity contribution in [1.82, 2.24) is 0 Å². The molecule has 0 radical (unpaired) electrons. The van der Waals surface area contributed by atoms with Crippen LogP contribution in [0.25, 0.3) is 0 Å². The van der Waals surface area contributed by atoms with Crippen molar-refractivity contribution in [3.63, 3.8) is 0 Å². The van der Waals surface area contributed by atoms with Gasteiger partial charge >= 0.3 is 5.97 Å². The Bertz CT molecular complexity index is 515. The molecular formula is C13H13Cl2NO3. The highest BCUT2D eigenvalue weighted by molar-refractivity contribution is 6.44. The summed E-state index contributed by atoms with van der Waals surface area (Å²) in [5.41, 5.74) is 0.479. The highest BCUT2D eigenvalue weighted by Crippen LogP contribution is 2.37. The lowest BCUT2D eigenvalue weighted by molar-refractivity contribution is -0.136. The maximum absolute atomic E-state index is 12.2. The molecule has 0 spiro atoms. The SMILES string of the molecule is O=C(O)CCN(C(=O)C1CC1)c1cccc(Cl)c1Cl. The first-order chi connectivity index (χ1) is 9.00. The average Bonchev–Trinajstić information content (AvgIpc) is 3.18. The first kappa shape index (κ1) is 14.2. The van der Waals surface area contributed by atoms with Crippen molar-refractivity contribution in [1.29, 1.82) is 0 Å². The van der Waals surface area contributed by atoms with Crippen molar-refractivity contribution >= 4 is 40.8 Å². The largest absolute Gasteiger partial charge is 0.481 e. The van der Waals surface area contributed by atoms with E-state index in [1.165, 1.54) is 4.90 Å². The van der Waals surface area contributed by atoms with Crippen LogP contribution in [0.15, 0.2) is 18.2 Å². The molecule has 1 saturated carbocycles. The van der Waals surface area contributed by atoms with Crippen LogP contribution in [0.2, 0.25) is 10.0 Å². The van der Waals surface area contributed by atoms with E-state index in [4.69, 9.17) is 28.3 Å². The minimum Gasteiger partial charge on any atom is -0.481 e.